The zero-order chi connectivity index (χ0) is 13.5. The lowest BCUT2D eigenvalue weighted by Gasteiger charge is -2.13. The zero-order valence-corrected chi connectivity index (χ0v) is 10.6. The summed E-state index contributed by atoms with van der Waals surface area (Å²) in [6.07, 6.45) is 4.50. The molecule has 0 aliphatic carbocycles. The number of amides is 1. The maximum absolute atomic E-state index is 11.7. The largest absolute Gasteiger partial charge is 0.480 e. The van der Waals surface area contributed by atoms with E-state index in [0.29, 0.717) is 19.4 Å². The predicted octanol–water partition coefficient (Wildman–Crippen LogP) is 0.164. The molecule has 0 spiro atoms. The number of carboxylic acids is 1. The van der Waals surface area contributed by atoms with E-state index in [1.54, 1.807) is 6.21 Å². The number of hydrogen-bond acceptors (Lipinski definition) is 4. The highest BCUT2D eigenvalue weighted by Crippen LogP contribution is 2.16. The van der Waals surface area contributed by atoms with E-state index in [-0.39, 0.29) is 17.9 Å². The molecule has 1 amide bonds. The Bertz CT molecular complexity index is 331. The van der Waals surface area contributed by atoms with Gasteiger partial charge < -0.3 is 16.2 Å². The summed E-state index contributed by atoms with van der Waals surface area (Å²) in [5.41, 5.74) is 5.37. The van der Waals surface area contributed by atoms with Crippen molar-refractivity contribution < 1.29 is 14.7 Å². The van der Waals surface area contributed by atoms with Crippen LogP contribution in [0.1, 0.15) is 32.6 Å². The van der Waals surface area contributed by atoms with Gasteiger partial charge in [-0.2, -0.15) is 0 Å². The first-order valence-electron chi connectivity index (χ1n) is 6.30. The fraction of sp³-hybridized carbons (Fsp3) is 0.750. The maximum atomic E-state index is 11.7. The smallest absolute Gasteiger partial charge is 0.320 e. The van der Waals surface area contributed by atoms with Crippen molar-refractivity contribution in [3.8, 4) is 0 Å². The molecule has 0 saturated heterocycles. The van der Waals surface area contributed by atoms with Gasteiger partial charge in [0.2, 0.25) is 5.91 Å². The number of aliphatic imine (C=N–C) groups is 1. The van der Waals surface area contributed by atoms with Crippen molar-refractivity contribution in [2.75, 3.05) is 6.54 Å². The van der Waals surface area contributed by atoms with E-state index in [1.807, 2.05) is 6.92 Å². The number of nitrogens with zero attached hydrogens (tertiary/aromatic N) is 1. The lowest BCUT2D eigenvalue weighted by molar-refractivity contribution is -0.138. The standard InChI is InChI=1S/C12H21N3O3/c1-8-5-7-14-10(8)11(16)15-6-3-2-4-9(13)12(17)18/h7-10H,2-6,13H2,1H3,(H,15,16)(H,17,18)/t8-,9?,10-/m1/s1. The van der Waals surface area contributed by atoms with Crippen LogP contribution in [0, 0.1) is 5.92 Å². The number of carboxylic acid groups (broad SMARTS) is 1. The summed E-state index contributed by atoms with van der Waals surface area (Å²) in [5, 5.41) is 11.4. The Labute approximate surface area is 107 Å². The van der Waals surface area contributed by atoms with Gasteiger partial charge in [0.15, 0.2) is 0 Å². The van der Waals surface area contributed by atoms with Crippen molar-refractivity contribution in [1.29, 1.82) is 0 Å². The van der Waals surface area contributed by atoms with Gasteiger partial charge in [0.25, 0.3) is 0 Å². The molecule has 4 N–H and O–H groups in total. The molecule has 1 unspecified atom stereocenters. The Hall–Kier alpha value is -1.43. The Morgan fingerprint density at radius 3 is 2.83 bits per heavy atom. The summed E-state index contributed by atoms with van der Waals surface area (Å²) in [5.74, 6) is -0.752. The van der Waals surface area contributed by atoms with E-state index in [4.69, 9.17) is 10.8 Å². The molecular weight excluding hydrogens is 234 g/mol. The monoisotopic (exact) mass is 255 g/mol. The SMILES string of the molecule is C[C@@H]1CC=N[C@H]1C(=O)NCCCCC(N)C(=O)O. The Balaban J connectivity index is 2.09. The molecule has 0 radical (unpaired) electrons. The van der Waals surface area contributed by atoms with E-state index >= 15 is 0 Å². The fourth-order valence-electron chi connectivity index (χ4n) is 1.87. The van der Waals surface area contributed by atoms with Crippen LogP contribution < -0.4 is 11.1 Å². The average molecular weight is 255 g/mol. The summed E-state index contributed by atoms with van der Waals surface area (Å²) >= 11 is 0. The van der Waals surface area contributed by atoms with Crippen LogP contribution in [0.15, 0.2) is 4.99 Å². The van der Waals surface area contributed by atoms with Gasteiger partial charge in [-0.25, -0.2) is 0 Å². The van der Waals surface area contributed by atoms with E-state index in [1.165, 1.54) is 0 Å². The Morgan fingerprint density at radius 1 is 1.56 bits per heavy atom. The van der Waals surface area contributed by atoms with Crippen molar-refractivity contribution in [2.45, 2.75) is 44.7 Å². The molecule has 3 atom stereocenters. The van der Waals surface area contributed by atoms with Crippen LogP contribution in [-0.4, -0.2) is 41.8 Å². The van der Waals surface area contributed by atoms with E-state index < -0.39 is 12.0 Å². The first-order valence-corrected chi connectivity index (χ1v) is 6.30. The first-order chi connectivity index (χ1) is 8.52. The normalized spacial score (nSPS) is 23.9. The molecule has 1 aliphatic rings. The molecule has 0 aromatic heterocycles. The topological polar surface area (TPSA) is 105 Å². The highest BCUT2D eigenvalue weighted by molar-refractivity contribution is 5.85. The van der Waals surface area contributed by atoms with Crippen LogP contribution in [0.3, 0.4) is 0 Å². The molecule has 0 saturated carbocycles. The summed E-state index contributed by atoms with van der Waals surface area (Å²) in [6, 6.07) is -1.06. The minimum absolute atomic E-state index is 0.0428. The molecule has 0 bridgehead atoms. The molecule has 1 rings (SSSR count). The van der Waals surface area contributed by atoms with Gasteiger partial charge in [-0.3, -0.25) is 14.6 Å². The second kappa shape index (κ2) is 7.10. The average Bonchev–Trinajstić information content (AvgIpc) is 2.74. The molecule has 6 nitrogen and oxygen atoms in total. The van der Waals surface area contributed by atoms with Crippen molar-refractivity contribution >= 4 is 18.1 Å². The Morgan fingerprint density at radius 2 is 2.28 bits per heavy atom. The van der Waals surface area contributed by atoms with Crippen LogP contribution in [0.2, 0.25) is 0 Å². The molecule has 0 aromatic carbocycles. The van der Waals surface area contributed by atoms with Crippen molar-refractivity contribution in [1.82, 2.24) is 5.32 Å². The number of hydrogen-bond donors (Lipinski definition) is 3. The number of rotatable bonds is 7. The van der Waals surface area contributed by atoms with Crippen molar-refractivity contribution in [3.05, 3.63) is 0 Å². The minimum atomic E-state index is -0.979. The highest BCUT2D eigenvalue weighted by Gasteiger charge is 2.26. The summed E-state index contributed by atoms with van der Waals surface area (Å²) < 4.78 is 0. The van der Waals surface area contributed by atoms with Crippen LogP contribution in [0.25, 0.3) is 0 Å². The third-order valence-electron chi connectivity index (χ3n) is 3.11. The van der Waals surface area contributed by atoms with Gasteiger partial charge in [0.05, 0.1) is 0 Å². The van der Waals surface area contributed by atoms with Crippen LogP contribution >= 0.6 is 0 Å². The van der Waals surface area contributed by atoms with Crippen LogP contribution in [-0.2, 0) is 9.59 Å². The lowest BCUT2D eigenvalue weighted by Crippen LogP contribution is -2.36. The van der Waals surface area contributed by atoms with E-state index in [9.17, 15) is 9.59 Å². The zero-order valence-electron chi connectivity index (χ0n) is 10.6. The summed E-state index contributed by atoms with van der Waals surface area (Å²) in [4.78, 5) is 26.3. The van der Waals surface area contributed by atoms with Gasteiger partial charge in [-0.1, -0.05) is 6.92 Å². The molecule has 0 fully saturated rings. The number of nitrogens with two attached hydrogens (primary N) is 1. The number of unbranched alkanes of at least 4 members (excludes halogenated alkanes) is 1. The summed E-state index contributed by atoms with van der Waals surface area (Å²) in [6.45, 7) is 2.55. The number of nitrogens with one attached hydrogen (secondary N) is 1. The number of carbonyl (C=O) groups is 2. The van der Waals surface area contributed by atoms with Gasteiger partial charge in [0, 0.05) is 12.8 Å². The Kier molecular flexibility index (Phi) is 5.77. The first kappa shape index (κ1) is 14.6. The molecule has 102 valence electrons. The van der Waals surface area contributed by atoms with E-state index in [2.05, 4.69) is 10.3 Å². The molecule has 0 aromatic rings. The molecular formula is C12H21N3O3. The highest BCUT2D eigenvalue weighted by atomic mass is 16.4. The quantitative estimate of drug-likeness (QED) is 0.564. The molecule has 6 heteroatoms. The fourth-order valence-corrected chi connectivity index (χ4v) is 1.87. The van der Waals surface area contributed by atoms with Crippen molar-refractivity contribution in [3.63, 3.8) is 0 Å². The number of carbonyl (C=O) groups excluding carboxylic acids is 1. The third kappa shape index (κ3) is 4.44. The second-order valence-corrected chi connectivity index (χ2v) is 4.72. The van der Waals surface area contributed by atoms with E-state index in [0.717, 1.165) is 12.8 Å². The van der Waals surface area contributed by atoms with Crippen LogP contribution in [0.4, 0.5) is 0 Å². The molecule has 18 heavy (non-hydrogen) atoms. The molecule has 1 aliphatic heterocycles. The number of aliphatic carboxylic acids is 1. The third-order valence-corrected chi connectivity index (χ3v) is 3.11. The minimum Gasteiger partial charge on any atom is -0.480 e. The maximum Gasteiger partial charge on any atom is 0.320 e. The van der Waals surface area contributed by atoms with Crippen LogP contribution in [0.5, 0.6) is 0 Å². The van der Waals surface area contributed by atoms with Gasteiger partial charge >= 0.3 is 5.97 Å². The van der Waals surface area contributed by atoms with Crippen molar-refractivity contribution in [2.24, 2.45) is 16.6 Å². The predicted molar refractivity (Wildman–Crippen MR) is 68.5 cm³/mol. The van der Waals surface area contributed by atoms with Gasteiger partial charge in [-0.15, -0.1) is 0 Å². The molecule has 1 heterocycles. The summed E-state index contributed by atoms with van der Waals surface area (Å²) in [7, 11) is 0. The van der Waals surface area contributed by atoms with Gasteiger partial charge in [-0.05, 0) is 31.6 Å². The lowest BCUT2D eigenvalue weighted by atomic mass is 10.0. The van der Waals surface area contributed by atoms with Gasteiger partial charge in [0.1, 0.15) is 12.1 Å². The second-order valence-electron chi connectivity index (χ2n) is 4.72.